The molecule has 1 aliphatic heterocycles. The molecule has 4 rings (SSSR count). The summed E-state index contributed by atoms with van der Waals surface area (Å²) >= 11 is 5.81. The average Bonchev–Trinajstić information content (AvgIpc) is 2.97. The molecule has 1 heterocycles. The zero-order chi connectivity index (χ0) is 19.1. The molecule has 148 valence electrons. The van der Waals surface area contributed by atoms with Crippen LogP contribution in [-0.4, -0.2) is 47.7 Å². The minimum absolute atomic E-state index is 0.236. The Morgan fingerprint density at radius 3 is 2.63 bits per heavy atom. The number of carbonyl (C=O) groups is 1. The third-order valence-electron chi connectivity index (χ3n) is 6.67. The first kappa shape index (κ1) is 19.2. The van der Waals surface area contributed by atoms with E-state index < -0.39 is 11.4 Å². The second kappa shape index (κ2) is 7.34. The quantitative estimate of drug-likeness (QED) is 0.774. The summed E-state index contributed by atoms with van der Waals surface area (Å²) in [6.45, 7) is 3.87. The van der Waals surface area contributed by atoms with Crippen molar-refractivity contribution in [2.45, 2.75) is 50.5 Å². The minimum atomic E-state index is -0.493. The van der Waals surface area contributed by atoms with Crippen molar-refractivity contribution in [1.82, 2.24) is 10.2 Å². The fraction of sp³-hybridized carbons (Fsp3) is 0.667. The molecule has 4 nitrogen and oxygen atoms in total. The van der Waals surface area contributed by atoms with E-state index in [2.05, 4.69) is 10.2 Å². The average molecular weight is 395 g/mol. The van der Waals surface area contributed by atoms with Gasteiger partial charge in [0.25, 0.3) is 5.91 Å². The number of carbonyl (C=O) groups excluding carboxylic acids is 1. The van der Waals surface area contributed by atoms with E-state index in [1.807, 2.05) is 0 Å². The van der Waals surface area contributed by atoms with Crippen LogP contribution in [0.25, 0.3) is 0 Å². The first-order valence-electron chi connectivity index (χ1n) is 10.0. The number of benzene rings is 1. The second-order valence-corrected chi connectivity index (χ2v) is 9.47. The number of hydrogen-bond donors (Lipinski definition) is 2. The smallest absolute Gasteiger partial charge is 0.251 e. The van der Waals surface area contributed by atoms with Crippen molar-refractivity contribution in [3.8, 4) is 0 Å². The van der Waals surface area contributed by atoms with Gasteiger partial charge in [0, 0.05) is 36.8 Å². The Kier molecular flexibility index (Phi) is 5.21. The van der Waals surface area contributed by atoms with Gasteiger partial charge >= 0.3 is 0 Å². The summed E-state index contributed by atoms with van der Waals surface area (Å²) in [5, 5.41) is 13.6. The fourth-order valence-corrected chi connectivity index (χ4v) is 5.52. The maximum atomic E-state index is 13.4. The van der Waals surface area contributed by atoms with Gasteiger partial charge in [0.1, 0.15) is 5.82 Å². The monoisotopic (exact) mass is 394 g/mol. The van der Waals surface area contributed by atoms with Crippen LogP contribution < -0.4 is 5.32 Å². The van der Waals surface area contributed by atoms with Crippen LogP contribution in [0.1, 0.15) is 55.3 Å². The number of nitrogens with zero attached hydrogens (tertiary/aromatic N) is 1. The molecule has 1 aromatic rings. The highest BCUT2D eigenvalue weighted by atomic mass is 35.5. The molecular formula is C21H28ClFN2O2. The Morgan fingerprint density at radius 1 is 1.26 bits per heavy atom. The highest BCUT2D eigenvalue weighted by Gasteiger charge is 2.52. The standard InChI is InChI=1S/C21H28ClFN2O2/c22-17-7-16(8-18(23)9-17)19(26)24-12-15-10-20(11-15)13-25(14-20)6-5-21(27)3-1-2-4-21/h7-9,15,27H,1-6,10-14H2,(H,24,26). The Bertz CT molecular complexity index is 686. The van der Waals surface area contributed by atoms with Gasteiger partial charge in [-0.05, 0) is 61.6 Å². The van der Waals surface area contributed by atoms with Crippen molar-refractivity contribution in [2.75, 3.05) is 26.2 Å². The molecule has 27 heavy (non-hydrogen) atoms. The molecule has 1 aromatic carbocycles. The number of rotatable bonds is 6. The molecule has 3 aliphatic rings. The van der Waals surface area contributed by atoms with Crippen molar-refractivity contribution in [3.63, 3.8) is 0 Å². The van der Waals surface area contributed by atoms with Crippen LogP contribution in [0.3, 0.4) is 0 Å². The van der Waals surface area contributed by atoms with E-state index in [1.165, 1.54) is 18.2 Å². The van der Waals surface area contributed by atoms with E-state index >= 15 is 0 Å². The van der Waals surface area contributed by atoms with Crippen LogP contribution in [-0.2, 0) is 0 Å². The summed E-state index contributed by atoms with van der Waals surface area (Å²) in [5.41, 5.74) is 0.291. The first-order chi connectivity index (χ1) is 12.8. The third-order valence-corrected chi connectivity index (χ3v) is 6.88. The zero-order valence-electron chi connectivity index (χ0n) is 15.6. The van der Waals surface area contributed by atoms with Crippen molar-refractivity contribution in [1.29, 1.82) is 0 Å². The van der Waals surface area contributed by atoms with Gasteiger partial charge in [0.05, 0.1) is 5.60 Å². The highest BCUT2D eigenvalue weighted by molar-refractivity contribution is 6.31. The summed E-state index contributed by atoms with van der Waals surface area (Å²) < 4.78 is 13.4. The van der Waals surface area contributed by atoms with Gasteiger partial charge in [0.2, 0.25) is 0 Å². The molecule has 2 aliphatic carbocycles. The fourth-order valence-electron chi connectivity index (χ4n) is 5.30. The molecule has 0 atom stereocenters. The number of likely N-dealkylation sites (tertiary alicyclic amines) is 1. The Hall–Kier alpha value is -1.17. The highest BCUT2D eigenvalue weighted by Crippen LogP contribution is 2.51. The molecule has 1 amide bonds. The molecule has 0 radical (unpaired) electrons. The van der Waals surface area contributed by atoms with E-state index in [1.54, 1.807) is 0 Å². The number of nitrogens with one attached hydrogen (secondary N) is 1. The second-order valence-electron chi connectivity index (χ2n) is 9.03. The van der Waals surface area contributed by atoms with Crippen LogP contribution >= 0.6 is 11.6 Å². The Morgan fingerprint density at radius 2 is 1.96 bits per heavy atom. The lowest BCUT2D eigenvalue weighted by molar-refractivity contribution is -0.101. The topological polar surface area (TPSA) is 52.6 Å². The SMILES string of the molecule is O=C(NCC1CC2(C1)CN(CCC1(O)CCCC1)C2)c1cc(F)cc(Cl)c1. The normalized spacial score (nSPS) is 23.8. The van der Waals surface area contributed by atoms with E-state index in [-0.39, 0.29) is 16.5 Å². The molecule has 0 aromatic heterocycles. The molecule has 6 heteroatoms. The molecule has 1 saturated heterocycles. The largest absolute Gasteiger partial charge is 0.390 e. The van der Waals surface area contributed by atoms with Gasteiger partial charge in [-0.15, -0.1) is 0 Å². The molecule has 0 unspecified atom stereocenters. The van der Waals surface area contributed by atoms with E-state index in [4.69, 9.17) is 11.6 Å². The van der Waals surface area contributed by atoms with Gasteiger partial charge in [-0.1, -0.05) is 24.4 Å². The summed E-state index contributed by atoms with van der Waals surface area (Å²) in [5.74, 6) is -0.261. The lowest BCUT2D eigenvalue weighted by Gasteiger charge is -2.59. The third kappa shape index (κ3) is 4.30. The van der Waals surface area contributed by atoms with Gasteiger partial charge in [-0.2, -0.15) is 0 Å². The summed E-state index contributed by atoms with van der Waals surface area (Å²) in [4.78, 5) is 14.6. The van der Waals surface area contributed by atoms with E-state index in [0.29, 0.717) is 17.9 Å². The predicted molar refractivity (Wildman–Crippen MR) is 103 cm³/mol. The molecule has 0 bridgehead atoms. The summed E-state index contributed by atoms with van der Waals surface area (Å²) in [6.07, 6.45) is 7.43. The number of halogens is 2. The van der Waals surface area contributed by atoms with Gasteiger partial charge < -0.3 is 15.3 Å². The lowest BCUT2D eigenvalue weighted by Crippen LogP contribution is -2.63. The van der Waals surface area contributed by atoms with Gasteiger partial charge in [-0.3, -0.25) is 4.79 Å². The van der Waals surface area contributed by atoms with Crippen LogP contribution in [0.15, 0.2) is 18.2 Å². The number of aliphatic hydroxyl groups is 1. The molecule has 1 spiro atoms. The van der Waals surface area contributed by atoms with Crippen LogP contribution in [0.2, 0.25) is 5.02 Å². The van der Waals surface area contributed by atoms with Crippen molar-refractivity contribution < 1.29 is 14.3 Å². The minimum Gasteiger partial charge on any atom is -0.390 e. The molecule has 2 N–H and O–H groups in total. The van der Waals surface area contributed by atoms with Gasteiger partial charge in [-0.25, -0.2) is 4.39 Å². The molecule has 2 saturated carbocycles. The zero-order valence-corrected chi connectivity index (χ0v) is 16.4. The van der Waals surface area contributed by atoms with Crippen LogP contribution in [0, 0.1) is 17.2 Å². The molecular weight excluding hydrogens is 367 g/mol. The van der Waals surface area contributed by atoms with E-state index in [9.17, 15) is 14.3 Å². The summed E-state index contributed by atoms with van der Waals surface area (Å²) in [7, 11) is 0. The number of amides is 1. The molecule has 3 fully saturated rings. The predicted octanol–water partition coefficient (Wildman–Crippen LogP) is 3.62. The van der Waals surface area contributed by atoms with Crippen LogP contribution in [0.4, 0.5) is 4.39 Å². The first-order valence-corrected chi connectivity index (χ1v) is 10.4. The lowest BCUT2D eigenvalue weighted by atomic mass is 9.57. The van der Waals surface area contributed by atoms with Gasteiger partial charge in [0.15, 0.2) is 0 Å². The van der Waals surface area contributed by atoms with Crippen molar-refractivity contribution >= 4 is 17.5 Å². The summed E-state index contributed by atoms with van der Waals surface area (Å²) in [6, 6.07) is 3.90. The number of hydrogen-bond acceptors (Lipinski definition) is 3. The van der Waals surface area contributed by atoms with Crippen molar-refractivity contribution in [2.24, 2.45) is 11.3 Å². The Balaban J connectivity index is 1.15. The van der Waals surface area contributed by atoms with Crippen LogP contribution in [0.5, 0.6) is 0 Å². The maximum absolute atomic E-state index is 13.4. The maximum Gasteiger partial charge on any atom is 0.251 e. The Labute approximate surface area is 165 Å². The van der Waals surface area contributed by atoms with Crippen molar-refractivity contribution in [3.05, 3.63) is 34.6 Å². The van der Waals surface area contributed by atoms with E-state index in [0.717, 1.165) is 64.6 Å².